The van der Waals surface area contributed by atoms with Crippen molar-refractivity contribution in [3.05, 3.63) is 76.6 Å². The molecular formula is C45H52F2N12O6. The molecule has 0 aliphatic carbocycles. The van der Waals surface area contributed by atoms with E-state index in [1.54, 1.807) is 62.0 Å². The molecule has 0 radical (unpaired) electrons. The van der Waals surface area contributed by atoms with Crippen molar-refractivity contribution in [1.82, 2.24) is 39.1 Å². The van der Waals surface area contributed by atoms with E-state index in [2.05, 4.69) is 26.0 Å². The Morgan fingerprint density at radius 1 is 0.862 bits per heavy atom. The van der Waals surface area contributed by atoms with Crippen LogP contribution in [0.2, 0.25) is 0 Å². The molecule has 0 bridgehead atoms. The lowest BCUT2D eigenvalue weighted by Gasteiger charge is -2.16. The van der Waals surface area contributed by atoms with Crippen molar-refractivity contribution in [3.63, 3.8) is 0 Å². The summed E-state index contributed by atoms with van der Waals surface area (Å²) in [5.41, 5.74) is 10.2. The average Bonchev–Trinajstić information content (AvgIpc) is 4.09. The minimum Gasteiger partial charge on any atom is -0.491 e. The zero-order valence-electron chi connectivity index (χ0n) is 36.7. The third-order valence-electron chi connectivity index (χ3n) is 11.5. The summed E-state index contributed by atoms with van der Waals surface area (Å²) in [7, 11) is 0. The third-order valence-corrected chi connectivity index (χ3v) is 11.5. The molecule has 6 heterocycles. The molecule has 0 saturated carbocycles. The predicted molar refractivity (Wildman–Crippen MR) is 240 cm³/mol. The molecule has 65 heavy (non-hydrogen) atoms. The number of aryl methyl sites for hydroxylation is 2. The smallest absolute Gasteiger partial charge is 0.276 e. The number of primary amides is 1. The first-order chi connectivity index (χ1) is 31.2. The molecule has 342 valence electrons. The van der Waals surface area contributed by atoms with E-state index in [1.165, 1.54) is 0 Å². The number of benzene rings is 2. The van der Waals surface area contributed by atoms with Gasteiger partial charge in [-0.1, -0.05) is 19.1 Å². The number of aliphatic imine (C=N–C) groups is 1. The number of ether oxygens (including phenoxy) is 2. The van der Waals surface area contributed by atoms with E-state index >= 15 is 0 Å². The van der Waals surface area contributed by atoms with E-state index in [4.69, 9.17) is 25.2 Å². The van der Waals surface area contributed by atoms with E-state index in [0.29, 0.717) is 89.4 Å². The van der Waals surface area contributed by atoms with Gasteiger partial charge in [0.1, 0.15) is 28.2 Å². The zero-order valence-corrected chi connectivity index (χ0v) is 36.7. The summed E-state index contributed by atoms with van der Waals surface area (Å²) >= 11 is 0. The number of carbonyl (C=O) groups is 4. The highest BCUT2D eigenvalue weighted by molar-refractivity contribution is 6.12. The number of carbonyl (C=O) groups excluding carboxylic acids is 4. The molecule has 3 aromatic heterocycles. The molecule has 5 aromatic rings. The number of imidazole rings is 2. The van der Waals surface area contributed by atoms with Crippen molar-refractivity contribution in [3.8, 4) is 11.5 Å². The lowest BCUT2D eigenvalue weighted by atomic mass is 10.1. The maximum atomic E-state index is 13.9. The van der Waals surface area contributed by atoms with Crippen molar-refractivity contribution in [2.45, 2.75) is 85.0 Å². The second kappa shape index (κ2) is 18.6. The molecular weight excluding hydrogens is 843 g/mol. The first-order valence-electron chi connectivity index (χ1n) is 21.8. The number of hydrogen-bond donors (Lipinski definition) is 4. The molecule has 18 nitrogen and oxygen atoms in total. The molecule has 3 aliphatic heterocycles. The van der Waals surface area contributed by atoms with Crippen molar-refractivity contribution in [1.29, 1.82) is 0 Å². The normalized spacial score (nSPS) is 18.0. The summed E-state index contributed by atoms with van der Waals surface area (Å²) < 4.78 is 45.3. The van der Waals surface area contributed by atoms with Gasteiger partial charge in [0.15, 0.2) is 0 Å². The topological polar surface area (TPSA) is 218 Å². The maximum Gasteiger partial charge on any atom is 0.276 e. The Balaban J connectivity index is 1.14. The van der Waals surface area contributed by atoms with Crippen LogP contribution >= 0.6 is 0 Å². The molecule has 1 atom stereocenters. The number of nitrogens with one attached hydrogen (secondary N) is 3. The first-order valence-corrected chi connectivity index (χ1v) is 21.8. The Bertz CT molecular complexity index is 2780. The third kappa shape index (κ3) is 9.62. The van der Waals surface area contributed by atoms with Crippen LogP contribution in [0.5, 0.6) is 11.5 Å². The number of rotatable bonds is 12. The highest BCUT2D eigenvalue weighted by Crippen LogP contribution is 2.34. The van der Waals surface area contributed by atoms with Crippen LogP contribution in [0, 0.1) is 6.92 Å². The monoisotopic (exact) mass is 894 g/mol. The van der Waals surface area contributed by atoms with E-state index in [0.717, 1.165) is 5.71 Å². The molecule has 2 aromatic carbocycles. The molecule has 0 spiro atoms. The summed E-state index contributed by atoms with van der Waals surface area (Å²) in [5.74, 6) is -3.55. The Hall–Kier alpha value is -6.96. The van der Waals surface area contributed by atoms with E-state index in [-0.39, 0.29) is 80.8 Å². The zero-order chi connectivity index (χ0) is 46.0. The molecule has 5 N–H and O–H groups in total. The van der Waals surface area contributed by atoms with Crippen molar-refractivity contribution < 1.29 is 37.4 Å². The number of nitrogens with two attached hydrogens (primary N) is 1. The SMILES string of the molecule is CCC1N=C(C)C=C1C(=O)Nc1nc2cc(C(N)=O)cc3c2n1C/C=C/Cn1c(NC(=O)c2cc(C)nn2CC)nc2cc(C(=O)NCCCN4CCC(F)(F)C4)cc(c21)OCCCO3. The number of halogens is 2. The van der Waals surface area contributed by atoms with Gasteiger partial charge in [-0.2, -0.15) is 5.10 Å². The van der Waals surface area contributed by atoms with Crippen LogP contribution in [0.1, 0.15) is 83.4 Å². The van der Waals surface area contributed by atoms with Crippen LogP contribution in [0.3, 0.4) is 0 Å². The predicted octanol–water partition coefficient (Wildman–Crippen LogP) is 5.26. The van der Waals surface area contributed by atoms with Gasteiger partial charge in [0, 0.05) is 74.5 Å². The molecule has 1 fully saturated rings. The largest absolute Gasteiger partial charge is 0.491 e. The molecule has 1 unspecified atom stereocenters. The number of allylic oxidation sites excluding steroid dienone is 3. The minimum absolute atomic E-state index is 0.118. The molecule has 20 heteroatoms. The van der Waals surface area contributed by atoms with Crippen molar-refractivity contribution in [2.75, 3.05) is 50.0 Å². The number of alkyl halides is 2. The molecule has 1 saturated heterocycles. The van der Waals surface area contributed by atoms with Gasteiger partial charge in [0.05, 0.1) is 42.5 Å². The van der Waals surface area contributed by atoms with Crippen LogP contribution in [-0.2, 0) is 24.4 Å². The molecule has 3 aliphatic rings. The van der Waals surface area contributed by atoms with Gasteiger partial charge in [-0.05, 0) is 70.0 Å². The summed E-state index contributed by atoms with van der Waals surface area (Å²) in [6.07, 6.45) is 6.76. The summed E-state index contributed by atoms with van der Waals surface area (Å²) in [6, 6.07) is 7.72. The average molecular weight is 895 g/mol. The second-order valence-corrected chi connectivity index (χ2v) is 16.3. The van der Waals surface area contributed by atoms with Crippen LogP contribution in [0.15, 0.2) is 59.1 Å². The van der Waals surface area contributed by atoms with Crippen LogP contribution in [0.25, 0.3) is 22.1 Å². The Morgan fingerprint density at radius 2 is 1.49 bits per heavy atom. The van der Waals surface area contributed by atoms with Crippen LogP contribution < -0.4 is 31.2 Å². The van der Waals surface area contributed by atoms with Crippen molar-refractivity contribution in [2.24, 2.45) is 10.7 Å². The number of aromatic nitrogens is 6. The summed E-state index contributed by atoms with van der Waals surface area (Å²) in [5, 5.41) is 13.3. The number of nitrogens with zero attached hydrogens (tertiary/aromatic N) is 8. The fourth-order valence-corrected chi connectivity index (χ4v) is 8.40. The van der Waals surface area contributed by atoms with Gasteiger partial charge < -0.3 is 29.7 Å². The quantitative estimate of drug-likeness (QED) is 0.0941. The highest BCUT2D eigenvalue weighted by atomic mass is 19.3. The minimum atomic E-state index is -2.69. The number of anilines is 2. The number of amides is 4. The lowest BCUT2D eigenvalue weighted by Crippen LogP contribution is -2.30. The van der Waals surface area contributed by atoms with E-state index in [9.17, 15) is 28.0 Å². The Kier molecular flexibility index (Phi) is 12.8. The standard InChI is InChI=1S/C45H52F2N12O6/c1-5-31-30(19-26(3)50-31)41(62)53-43-51-32-21-28(39(48)60)23-35-37(32)57(43)14-7-8-15-58-38-33(52-44(58)54-42(63)34-20-27(4)55-59(34)6-2)22-29(24-36(38)65-18-10-17-64-35)40(61)49-12-9-13-56-16-11-45(46,47)25-56/h7-8,19-24,31H,5-6,9-18,25H2,1-4H3,(H2,48,60)(H,49,61)(H,51,53,62)(H,52,54,63)/b8-7+. The van der Waals surface area contributed by atoms with Gasteiger partial charge in [-0.3, -0.25) is 44.4 Å². The number of hydrogen-bond acceptors (Lipinski definition) is 11. The maximum absolute atomic E-state index is 13.9. The molecule has 4 amide bonds. The molecule has 8 rings (SSSR count). The fraction of sp³-hybridized carbons (Fsp3) is 0.422. The Labute approximate surface area is 372 Å². The summed E-state index contributed by atoms with van der Waals surface area (Å²) in [4.78, 5) is 69.6. The van der Waals surface area contributed by atoms with Crippen LogP contribution in [0.4, 0.5) is 20.7 Å². The van der Waals surface area contributed by atoms with Gasteiger partial charge in [0.2, 0.25) is 17.8 Å². The van der Waals surface area contributed by atoms with Crippen molar-refractivity contribution >= 4 is 63.3 Å². The summed E-state index contributed by atoms with van der Waals surface area (Å²) in [6.45, 7) is 9.24. The van der Waals surface area contributed by atoms with Gasteiger partial charge in [-0.15, -0.1) is 0 Å². The fourth-order valence-electron chi connectivity index (χ4n) is 8.40. The first kappa shape index (κ1) is 44.6. The van der Waals surface area contributed by atoms with Crippen LogP contribution in [-0.4, -0.2) is 114 Å². The van der Waals surface area contributed by atoms with E-state index in [1.807, 2.05) is 32.9 Å². The van der Waals surface area contributed by atoms with Gasteiger partial charge in [-0.25, -0.2) is 18.7 Å². The Morgan fingerprint density at radius 3 is 2.09 bits per heavy atom. The van der Waals surface area contributed by atoms with E-state index < -0.39 is 23.6 Å². The second-order valence-electron chi connectivity index (χ2n) is 16.3. The number of likely N-dealkylation sites (tertiary alicyclic amines) is 1. The lowest BCUT2D eigenvalue weighted by molar-refractivity contribution is -0.113. The van der Waals surface area contributed by atoms with Gasteiger partial charge in [0.25, 0.3) is 23.6 Å². The highest BCUT2D eigenvalue weighted by Gasteiger charge is 2.37. The van der Waals surface area contributed by atoms with Gasteiger partial charge >= 0.3 is 0 Å².